The summed E-state index contributed by atoms with van der Waals surface area (Å²) in [5.41, 5.74) is 2.38. The van der Waals surface area contributed by atoms with Crippen LogP contribution in [0.15, 0.2) is 30.3 Å². The zero-order valence-electron chi connectivity index (χ0n) is 11.3. The molecule has 0 aliphatic heterocycles. The second kappa shape index (κ2) is 8.51. The van der Waals surface area contributed by atoms with Gasteiger partial charge in [-0.15, -0.1) is 0 Å². The lowest BCUT2D eigenvalue weighted by Gasteiger charge is -2.02. The summed E-state index contributed by atoms with van der Waals surface area (Å²) in [6.45, 7) is 4.43. The zero-order chi connectivity index (χ0) is 13.2. The van der Waals surface area contributed by atoms with Crippen molar-refractivity contribution in [3.05, 3.63) is 41.5 Å². The predicted molar refractivity (Wildman–Crippen MR) is 75.3 cm³/mol. The topological polar surface area (TPSA) is 26.3 Å². The van der Waals surface area contributed by atoms with E-state index in [0.29, 0.717) is 6.61 Å². The van der Waals surface area contributed by atoms with Gasteiger partial charge in [0.05, 0.1) is 6.61 Å². The summed E-state index contributed by atoms with van der Waals surface area (Å²) in [5.74, 6) is -0.283. The SMILES string of the molecule is CCCCCc1cccc(C=CC(=O)OCC)c1. The largest absolute Gasteiger partial charge is 0.463 e. The number of hydrogen-bond acceptors (Lipinski definition) is 2. The lowest BCUT2D eigenvalue weighted by Crippen LogP contribution is -1.98. The minimum Gasteiger partial charge on any atom is -0.463 e. The maximum atomic E-state index is 11.2. The normalized spacial score (nSPS) is 10.8. The summed E-state index contributed by atoms with van der Waals surface area (Å²) >= 11 is 0. The maximum Gasteiger partial charge on any atom is 0.330 e. The fourth-order valence-corrected chi connectivity index (χ4v) is 1.79. The molecule has 0 heterocycles. The van der Waals surface area contributed by atoms with E-state index in [-0.39, 0.29) is 5.97 Å². The first-order valence-electron chi connectivity index (χ1n) is 6.70. The molecule has 1 rings (SSSR count). The van der Waals surface area contributed by atoms with Gasteiger partial charge in [-0.1, -0.05) is 44.0 Å². The molecular formula is C16H22O2. The fraction of sp³-hybridized carbons (Fsp3) is 0.438. The Labute approximate surface area is 110 Å². The Morgan fingerprint density at radius 2 is 2.11 bits per heavy atom. The second-order valence-electron chi connectivity index (χ2n) is 4.29. The van der Waals surface area contributed by atoms with E-state index in [0.717, 1.165) is 12.0 Å². The highest BCUT2D eigenvalue weighted by atomic mass is 16.5. The van der Waals surface area contributed by atoms with Gasteiger partial charge >= 0.3 is 5.97 Å². The van der Waals surface area contributed by atoms with Crippen molar-refractivity contribution in [3.63, 3.8) is 0 Å². The van der Waals surface area contributed by atoms with Crippen molar-refractivity contribution < 1.29 is 9.53 Å². The smallest absolute Gasteiger partial charge is 0.330 e. The zero-order valence-corrected chi connectivity index (χ0v) is 11.3. The maximum absolute atomic E-state index is 11.2. The van der Waals surface area contributed by atoms with Crippen molar-refractivity contribution in [2.45, 2.75) is 39.5 Å². The first kappa shape index (κ1) is 14.5. The molecule has 18 heavy (non-hydrogen) atoms. The lowest BCUT2D eigenvalue weighted by atomic mass is 10.0. The van der Waals surface area contributed by atoms with Crippen LogP contribution >= 0.6 is 0 Å². The third-order valence-electron chi connectivity index (χ3n) is 2.72. The molecule has 2 nitrogen and oxygen atoms in total. The van der Waals surface area contributed by atoms with E-state index in [9.17, 15) is 4.79 Å². The number of rotatable bonds is 7. The Morgan fingerprint density at radius 1 is 1.28 bits per heavy atom. The van der Waals surface area contributed by atoms with Crippen LogP contribution < -0.4 is 0 Å². The molecule has 0 N–H and O–H groups in total. The quantitative estimate of drug-likeness (QED) is 0.413. The Hall–Kier alpha value is -1.57. The first-order chi connectivity index (χ1) is 8.76. The van der Waals surface area contributed by atoms with Crippen molar-refractivity contribution in [1.82, 2.24) is 0 Å². The van der Waals surface area contributed by atoms with Crippen LogP contribution in [-0.2, 0) is 16.0 Å². The molecule has 0 unspecified atom stereocenters. The number of esters is 1. The van der Waals surface area contributed by atoms with E-state index < -0.39 is 0 Å². The van der Waals surface area contributed by atoms with Crippen LogP contribution in [0.3, 0.4) is 0 Å². The molecule has 98 valence electrons. The number of hydrogen-bond donors (Lipinski definition) is 0. The summed E-state index contributed by atoms with van der Waals surface area (Å²) in [4.78, 5) is 11.2. The predicted octanol–water partition coefficient (Wildman–Crippen LogP) is 4.00. The minimum absolute atomic E-state index is 0.283. The molecule has 2 heteroatoms. The van der Waals surface area contributed by atoms with Gasteiger partial charge in [-0.3, -0.25) is 0 Å². The third kappa shape index (κ3) is 5.67. The van der Waals surface area contributed by atoms with E-state index in [1.165, 1.54) is 30.9 Å². The van der Waals surface area contributed by atoms with E-state index in [1.54, 1.807) is 13.0 Å². The summed E-state index contributed by atoms with van der Waals surface area (Å²) < 4.78 is 4.85. The van der Waals surface area contributed by atoms with Crippen LogP contribution in [0.4, 0.5) is 0 Å². The van der Waals surface area contributed by atoms with Gasteiger partial charge in [-0.05, 0) is 37.0 Å². The van der Waals surface area contributed by atoms with Gasteiger partial charge < -0.3 is 4.74 Å². The molecule has 0 radical (unpaired) electrons. The van der Waals surface area contributed by atoms with Gasteiger partial charge in [0.15, 0.2) is 0 Å². The number of carbonyl (C=O) groups excluding carboxylic acids is 1. The molecule has 1 aromatic carbocycles. The molecule has 0 aliphatic carbocycles. The van der Waals surface area contributed by atoms with Gasteiger partial charge in [-0.25, -0.2) is 4.79 Å². The van der Waals surface area contributed by atoms with Crippen LogP contribution in [0.25, 0.3) is 6.08 Å². The van der Waals surface area contributed by atoms with Crippen molar-refractivity contribution in [3.8, 4) is 0 Å². The highest BCUT2D eigenvalue weighted by molar-refractivity contribution is 5.87. The summed E-state index contributed by atoms with van der Waals surface area (Å²) in [6.07, 6.45) is 8.12. The van der Waals surface area contributed by atoms with Crippen LogP contribution in [0.2, 0.25) is 0 Å². The Balaban J connectivity index is 2.56. The van der Waals surface area contributed by atoms with Gasteiger partial charge in [0, 0.05) is 6.08 Å². The van der Waals surface area contributed by atoms with Gasteiger partial charge in [0.2, 0.25) is 0 Å². The Bertz CT molecular complexity index is 394. The van der Waals surface area contributed by atoms with Crippen LogP contribution in [-0.4, -0.2) is 12.6 Å². The molecule has 0 spiro atoms. The van der Waals surface area contributed by atoms with Crippen LogP contribution in [0.1, 0.15) is 44.2 Å². The number of unbranched alkanes of at least 4 members (excludes halogenated alkanes) is 2. The third-order valence-corrected chi connectivity index (χ3v) is 2.72. The van der Waals surface area contributed by atoms with E-state index in [4.69, 9.17) is 4.74 Å². The molecule has 0 bridgehead atoms. The van der Waals surface area contributed by atoms with Crippen LogP contribution in [0.5, 0.6) is 0 Å². The minimum atomic E-state index is -0.283. The number of aryl methyl sites for hydroxylation is 1. The van der Waals surface area contributed by atoms with Crippen molar-refractivity contribution in [1.29, 1.82) is 0 Å². The van der Waals surface area contributed by atoms with Crippen molar-refractivity contribution in [2.75, 3.05) is 6.61 Å². The summed E-state index contributed by atoms with van der Waals surface area (Å²) in [5, 5.41) is 0. The molecule has 0 amide bonds. The highest BCUT2D eigenvalue weighted by Crippen LogP contribution is 2.11. The van der Waals surface area contributed by atoms with Gasteiger partial charge in [0.25, 0.3) is 0 Å². The number of carbonyl (C=O) groups is 1. The standard InChI is InChI=1S/C16H22O2/c1-3-5-6-8-14-9-7-10-15(13-14)11-12-16(17)18-4-2/h7,9-13H,3-6,8H2,1-2H3. The molecule has 0 aromatic heterocycles. The Kier molecular flexibility index (Phi) is 6.85. The highest BCUT2D eigenvalue weighted by Gasteiger charge is 1.96. The lowest BCUT2D eigenvalue weighted by molar-refractivity contribution is -0.137. The average Bonchev–Trinajstić information content (AvgIpc) is 2.38. The van der Waals surface area contributed by atoms with Crippen LogP contribution in [0, 0.1) is 0 Å². The second-order valence-corrected chi connectivity index (χ2v) is 4.29. The molecule has 0 saturated heterocycles. The van der Waals surface area contributed by atoms with E-state index in [1.807, 2.05) is 12.1 Å². The Morgan fingerprint density at radius 3 is 2.83 bits per heavy atom. The molecule has 0 saturated carbocycles. The first-order valence-corrected chi connectivity index (χ1v) is 6.70. The van der Waals surface area contributed by atoms with E-state index >= 15 is 0 Å². The number of ether oxygens (including phenoxy) is 1. The summed E-state index contributed by atoms with van der Waals surface area (Å²) in [6, 6.07) is 8.30. The fourth-order valence-electron chi connectivity index (χ4n) is 1.79. The van der Waals surface area contributed by atoms with Crippen molar-refractivity contribution in [2.24, 2.45) is 0 Å². The molecule has 0 fully saturated rings. The van der Waals surface area contributed by atoms with Gasteiger partial charge in [-0.2, -0.15) is 0 Å². The molecule has 0 atom stereocenters. The van der Waals surface area contributed by atoms with Crippen molar-refractivity contribution >= 4 is 12.0 Å². The monoisotopic (exact) mass is 246 g/mol. The molecule has 0 aliphatic rings. The molecule has 1 aromatic rings. The number of benzene rings is 1. The van der Waals surface area contributed by atoms with E-state index in [2.05, 4.69) is 19.1 Å². The molecular weight excluding hydrogens is 224 g/mol. The van der Waals surface area contributed by atoms with Gasteiger partial charge in [0.1, 0.15) is 0 Å². The average molecular weight is 246 g/mol. The summed E-state index contributed by atoms with van der Waals surface area (Å²) in [7, 11) is 0.